The van der Waals surface area contributed by atoms with Crippen LogP contribution in [0.5, 0.6) is 0 Å². The summed E-state index contributed by atoms with van der Waals surface area (Å²) in [4.78, 5) is 27.2. The van der Waals surface area contributed by atoms with E-state index in [1.807, 2.05) is 6.07 Å². The number of anilines is 2. The molecule has 6 N–H and O–H groups in total. The molecule has 0 spiro atoms. The third-order valence-electron chi connectivity index (χ3n) is 2.79. The van der Waals surface area contributed by atoms with E-state index in [0.29, 0.717) is 5.69 Å². The molecule has 24 heavy (non-hydrogen) atoms. The number of nitrogens with one attached hydrogen (secondary N) is 2. The fourth-order valence-corrected chi connectivity index (χ4v) is 2.38. The molecule has 0 aliphatic carbocycles. The van der Waals surface area contributed by atoms with Gasteiger partial charge in [-0.1, -0.05) is 41.4 Å². The molecule has 7 nitrogen and oxygen atoms in total. The second-order valence-corrected chi connectivity index (χ2v) is 5.42. The summed E-state index contributed by atoms with van der Waals surface area (Å²) in [6.07, 6.45) is 0. The van der Waals surface area contributed by atoms with Crippen molar-refractivity contribution in [2.45, 2.75) is 0 Å². The number of guanidine groups is 1. The Labute approximate surface area is 147 Å². The van der Waals surface area contributed by atoms with Crippen LogP contribution in [0.2, 0.25) is 10.0 Å². The molecule has 0 saturated heterocycles. The Morgan fingerprint density at radius 3 is 2.08 bits per heavy atom. The number of carbonyl (C=O) groups is 2. The van der Waals surface area contributed by atoms with Gasteiger partial charge in [0.05, 0.1) is 15.7 Å². The van der Waals surface area contributed by atoms with Crippen molar-refractivity contribution in [3.05, 3.63) is 58.1 Å². The number of nitrogens with zero attached hydrogens (tertiary/aromatic N) is 1. The molecule has 9 heteroatoms. The first kappa shape index (κ1) is 17.6. The average Bonchev–Trinajstić information content (AvgIpc) is 2.51. The number of halogens is 2. The van der Waals surface area contributed by atoms with E-state index in [2.05, 4.69) is 15.6 Å². The van der Waals surface area contributed by atoms with E-state index in [1.54, 1.807) is 24.3 Å². The molecule has 0 aromatic heterocycles. The highest BCUT2D eigenvalue weighted by Gasteiger charge is 2.15. The van der Waals surface area contributed by atoms with Crippen LogP contribution >= 0.6 is 23.2 Å². The van der Waals surface area contributed by atoms with E-state index in [0.717, 1.165) is 0 Å². The van der Waals surface area contributed by atoms with Crippen molar-refractivity contribution in [2.75, 3.05) is 10.6 Å². The van der Waals surface area contributed by atoms with Crippen LogP contribution < -0.4 is 22.1 Å². The predicted octanol–water partition coefficient (Wildman–Crippen LogP) is 3.05. The van der Waals surface area contributed by atoms with E-state index >= 15 is 0 Å². The van der Waals surface area contributed by atoms with Gasteiger partial charge in [-0.2, -0.15) is 4.99 Å². The van der Waals surface area contributed by atoms with Gasteiger partial charge >= 0.3 is 6.03 Å². The van der Waals surface area contributed by atoms with Gasteiger partial charge in [-0.15, -0.1) is 0 Å². The van der Waals surface area contributed by atoms with Crippen molar-refractivity contribution in [1.82, 2.24) is 0 Å². The molecule has 2 aromatic rings. The molecular formula is C15H13Cl2N5O2. The summed E-state index contributed by atoms with van der Waals surface area (Å²) in [5.41, 5.74) is 11.2. The highest BCUT2D eigenvalue weighted by Crippen LogP contribution is 2.32. The molecule has 0 saturated carbocycles. The molecule has 0 heterocycles. The summed E-state index contributed by atoms with van der Waals surface area (Å²) in [7, 11) is 0. The molecule has 3 amide bonds. The molecule has 124 valence electrons. The number of benzene rings is 2. The first-order valence-electron chi connectivity index (χ1n) is 6.63. The van der Waals surface area contributed by atoms with Crippen molar-refractivity contribution >= 4 is 52.5 Å². The molecule has 0 atom stereocenters. The summed E-state index contributed by atoms with van der Waals surface area (Å²) in [5, 5.41) is 5.28. The van der Waals surface area contributed by atoms with Gasteiger partial charge in [0.15, 0.2) is 5.96 Å². The van der Waals surface area contributed by atoms with Crippen LogP contribution in [-0.4, -0.2) is 17.9 Å². The van der Waals surface area contributed by atoms with E-state index in [9.17, 15) is 9.59 Å². The minimum Gasteiger partial charge on any atom is -0.370 e. The van der Waals surface area contributed by atoms with Gasteiger partial charge in [-0.3, -0.25) is 4.79 Å². The highest BCUT2D eigenvalue weighted by atomic mass is 35.5. The van der Waals surface area contributed by atoms with Crippen LogP contribution in [0.15, 0.2) is 47.5 Å². The number of amides is 3. The van der Waals surface area contributed by atoms with E-state index < -0.39 is 11.9 Å². The molecule has 0 fully saturated rings. The SMILES string of the molecule is NC(N)=NC(=O)c1cc(Cl)c(NC(=O)Nc2ccccc2)c(Cl)c1. The van der Waals surface area contributed by atoms with Crippen LogP contribution in [-0.2, 0) is 0 Å². The molecule has 0 aliphatic rings. The van der Waals surface area contributed by atoms with E-state index in [1.165, 1.54) is 12.1 Å². The van der Waals surface area contributed by atoms with Crippen LogP contribution in [0.3, 0.4) is 0 Å². The second-order valence-electron chi connectivity index (χ2n) is 4.60. The molecule has 2 rings (SSSR count). The van der Waals surface area contributed by atoms with Crippen LogP contribution in [0.4, 0.5) is 16.2 Å². The van der Waals surface area contributed by atoms with Crippen molar-refractivity contribution < 1.29 is 9.59 Å². The lowest BCUT2D eigenvalue weighted by Gasteiger charge is -2.11. The van der Waals surface area contributed by atoms with Gasteiger partial charge in [0.1, 0.15) is 0 Å². The Bertz CT molecular complexity index is 782. The minimum absolute atomic E-state index is 0.0693. The molecule has 0 radical (unpaired) electrons. The Morgan fingerprint density at radius 1 is 0.958 bits per heavy atom. The van der Waals surface area contributed by atoms with Crippen molar-refractivity contribution in [3.63, 3.8) is 0 Å². The normalized spacial score (nSPS) is 9.92. The number of hydrogen-bond acceptors (Lipinski definition) is 2. The first-order valence-corrected chi connectivity index (χ1v) is 7.38. The summed E-state index contributed by atoms with van der Waals surface area (Å²) in [5.74, 6) is -1.07. The third-order valence-corrected chi connectivity index (χ3v) is 3.39. The largest absolute Gasteiger partial charge is 0.370 e. The number of aliphatic imine (C=N–C) groups is 1. The number of carbonyl (C=O) groups excluding carboxylic acids is 2. The zero-order valence-electron chi connectivity index (χ0n) is 12.2. The van der Waals surface area contributed by atoms with Gasteiger partial charge in [-0.25, -0.2) is 4.79 Å². The number of rotatable bonds is 3. The van der Waals surface area contributed by atoms with Crippen molar-refractivity contribution in [3.8, 4) is 0 Å². The van der Waals surface area contributed by atoms with Crippen LogP contribution in [0, 0.1) is 0 Å². The van der Waals surface area contributed by atoms with Crippen molar-refractivity contribution in [1.29, 1.82) is 0 Å². The average molecular weight is 366 g/mol. The van der Waals surface area contributed by atoms with Gasteiger partial charge < -0.3 is 22.1 Å². The fraction of sp³-hybridized carbons (Fsp3) is 0. The maximum atomic E-state index is 12.0. The summed E-state index contributed by atoms with van der Waals surface area (Å²) >= 11 is 12.1. The molecule has 0 bridgehead atoms. The zero-order chi connectivity index (χ0) is 17.7. The summed E-state index contributed by atoms with van der Waals surface area (Å²) in [6, 6.07) is 10.9. The lowest BCUT2D eigenvalue weighted by Crippen LogP contribution is -2.24. The van der Waals surface area contributed by atoms with Gasteiger partial charge in [-0.05, 0) is 24.3 Å². The lowest BCUT2D eigenvalue weighted by atomic mass is 10.2. The predicted molar refractivity (Wildman–Crippen MR) is 95.7 cm³/mol. The van der Waals surface area contributed by atoms with Crippen LogP contribution in [0.1, 0.15) is 10.4 Å². The van der Waals surface area contributed by atoms with Crippen LogP contribution in [0.25, 0.3) is 0 Å². The third kappa shape index (κ3) is 4.61. The Balaban J connectivity index is 2.18. The smallest absolute Gasteiger partial charge is 0.323 e. The first-order chi connectivity index (χ1) is 11.4. The second kappa shape index (κ2) is 7.67. The van der Waals surface area contributed by atoms with Gasteiger partial charge in [0.25, 0.3) is 5.91 Å². The lowest BCUT2D eigenvalue weighted by molar-refractivity contribution is 0.100. The monoisotopic (exact) mass is 365 g/mol. The molecule has 0 unspecified atom stereocenters. The molecule has 2 aromatic carbocycles. The Morgan fingerprint density at radius 2 is 1.54 bits per heavy atom. The van der Waals surface area contributed by atoms with E-state index in [-0.39, 0.29) is 27.3 Å². The quantitative estimate of drug-likeness (QED) is 0.492. The maximum Gasteiger partial charge on any atom is 0.323 e. The number of urea groups is 1. The standard InChI is InChI=1S/C15H13Cl2N5O2/c16-10-6-8(13(23)22-14(18)19)7-11(17)12(10)21-15(24)20-9-4-2-1-3-5-9/h1-7H,(H2,20,21,24)(H4,18,19,22,23). The number of hydrogen-bond donors (Lipinski definition) is 4. The minimum atomic E-state index is -0.695. The Hall–Kier alpha value is -2.77. The Kier molecular flexibility index (Phi) is 5.62. The number of para-hydroxylation sites is 1. The molecular weight excluding hydrogens is 353 g/mol. The highest BCUT2D eigenvalue weighted by molar-refractivity contribution is 6.40. The topological polar surface area (TPSA) is 123 Å². The van der Waals surface area contributed by atoms with E-state index in [4.69, 9.17) is 34.7 Å². The van der Waals surface area contributed by atoms with Gasteiger partial charge in [0, 0.05) is 11.3 Å². The maximum absolute atomic E-state index is 12.0. The fourth-order valence-electron chi connectivity index (χ4n) is 1.80. The zero-order valence-corrected chi connectivity index (χ0v) is 13.7. The molecule has 0 aliphatic heterocycles. The number of nitrogens with two attached hydrogens (primary N) is 2. The van der Waals surface area contributed by atoms with Gasteiger partial charge in [0.2, 0.25) is 0 Å². The van der Waals surface area contributed by atoms with Crippen molar-refractivity contribution in [2.24, 2.45) is 16.5 Å². The summed E-state index contributed by atoms with van der Waals surface area (Å²) < 4.78 is 0. The summed E-state index contributed by atoms with van der Waals surface area (Å²) in [6.45, 7) is 0.